The van der Waals surface area contributed by atoms with E-state index in [1.807, 2.05) is 30.3 Å². The number of aromatic nitrogens is 3. The van der Waals surface area contributed by atoms with Gasteiger partial charge in [0.15, 0.2) is 10.8 Å². The molecule has 6 nitrogen and oxygen atoms in total. The summed E-state index contributed by atoms with van der Waals surface area (Å²) >= 11 is 6.32. The first-order valence-electron chi connectivity index (χ1n) is 7.83. The zero-order chi connectivity index (χ0) is 16.2. The summed E-state index contributed by atoms with van der Waals surface area (Å²) in [7, 11) is 0. The Kier molecular flexibility index (Phi) is 4.93. The van der Waals surface area contributed by atoms with Crippen LogP contribution in [0.5, 0.6) is 0 Å². The highest BCUT2D eigenvalue weighted by molar-refractivity contribution is 6.32. The van der Waals surface area contributed by atoms with Gasteiger partial charge in [0.05, 0.1) is 6.54 Å². The smallest absolute Gasteiger partial charge is 0.277 e. The van der Waals surface area contributed by atoms with Gasteiger partial charge in [-0.2, -0.15) is 0 Å². The van der Waals surface area contributed by atoms with Crippen LogP contribution in [0.15, 0.2) is 30.3 Å². The highest BCUT2D eigenvalue weighted by Gasteiger charge is 2.26. The molecule has 0 bridgehead atoms. The minimum atomic E-state index is -0.134. The van der Waals surface area contributed by atoms with Gasteiger partial charge in [0, 0.05) is 26.2 Å². The van der Waals surface area contributed by atoms with E-state index in [4.69, 9.17) is 11.6 Å². The molecule has 1 aliphatic rings. The Morgan fingerprint density at radius 2 is 1.87 bits per heavy atom. The zero-order valence-corrected chi connectivity index (χ0v) is 13.9. The van der Waals surface area contributed by atoms with Crippen molar-refractivity contribution in [3.63, 3.8) is 0 Å². The van der Waals surface area contributed by atoms with Crippen LogP contribution in [0.2, 0.25) is 5.15 Å². The molecule has 2 aromatic rings. The quantitative estimate of drug-likeness (QED) is 0.855. The fourth-order valence-electron chi connectivity index (χ4n) is 2.71. The molecule has 1 aromatic heterocycles. The van der Waals surface area contributed by atoms with Gasteiger partial charge in [0.25, 0.3) is 5.91 Å². The highest BCUT2D eigenvalue weighted by Crippen LogP contribution is 2.17. The maximum atomic E-state index is 12.6. The molecule has 0 aliphatic carbocycles. The maximum Gasteiger partial charge on any atom is 0.277 e. The molecule has 1 amide bonds. The number of carbonyl (C=O) groups excluding carboxylic acids is 1. The van der Waals surface area contributed by atoms with Crippen molar-refractivity contribution in [2.75, 3.05) is 32.7 Å². The van der Waals surface area contributed by atoms with Crippen molar-refractivity contribution in [3.05, 3.63) is 46.7 Å². The number of likely N-dealkylation sites (N-methyl/N-ethyl adjacent to an activating group) is 1. The minimum Gasteiger partial charge on any atom is -0.335 e. The van der Waals surface area contributed by atoms with E-state index in [0.717, 1.165) is 25.2 Å². The third kappa shape index (κ3) is 3.54. The molecule has 0 atom stereocenters. The highest BCUT2D eigenvalue weighted by atomic mass is 35.5. The Morgan fingerprint density at radius 1 is 1.17 bits per heavy atom. The third-order valence-electron chi connectivity index (χ3n) is 4.16. The monoisotopic (exact) mass is 333 g/mol. The Labute approximate surface area is 140 Å². The fraction of sp³-hybridized carbons (Fsp3) is 0.438. The van der Waals surface area contributed by atoms with Gasteiger partial charge < -0.3 is 9.80 Å². The standard InChI is InChI=1S/C16H20ClN5O/c1-2-20-8-10-21(11-9-20)16(23)14-15(17)22(19-18-14)12-13-6-4-3-5-7-13/h3-7H,2,8-12H2,1H3. The Hall–Kier alpha value is -1.92. The molecule has 1 fully saturated rings. The van der Waals surface area contributed by atoms with Crippen molar-refractivity contribution in [3.8, 4) is 0 Å². The van der Waals surface area contributed by atoms with Crippen molar-refractivity contribution in [2.24, 2.45) is 0 Å². The molecule has 2 heterocycles. The summed E-state index contributed by atoms with van der Waals surface area (Å²) in [5, 5.41) is 8.34. The Morgan fingerprint density at radius 3 is 2.52 bits per heavy atom. The number of rotatable bonds is 4. The molecule has 7 heteroatoms. The van der Waals surface area contributed by atoms with E-state index < -0.39 is 0 Å². The van der Waals surface area contributed by atoms with Crippen molar-refractivity contribution in [1.82, 2.24) is 24.8 Å². The first-order chi connectivity index (χ1) is 11.2. The second-order valence-corrected chi connectivity index (χ2v) is 5.96. The molecule has 1 saturated heterocycles. The third-order valence-corrected chi connectivity index (χ3v) is 4.53. The molecule has 0 unspecified atom stereocenters. The van der Waals surface area contributed by atoms with Crippen LogP contribution in [0.3, 0.4) is 0 Å². The van der Waals surface area contributed by atoms with E-state index in [1.54, 1.807) is 9.58 Å². The van der Waals surface area contributed by atoms with Crippen LogP contribution in [0.4, 0.5) is 0 Å². The molecule has 122 valence electrons. The van der Waals surface area contributed by atoms with Gasteiger partial charge in [-0.05, 0) is 12.1 Å². The van der Waals surface area contributed by atoms with Crippen LogP contribution in [0, 0.1) is 0 Å². The average molecular weight is 334 g/mol. The number of carbonyl (C=O) groups is 1. The molecule has 0 spiro atoms. The molecule has 1 aromatic carbocycles. The second-order valence-electron chi connectivity index (χ2n) is 5.60. The number of hydrogen-bond donors (Lipinski definition) is 0. The van der Waals surface area contributed by atoms with Crippen molar-refractivity contribution < 1.29 is 4.79 Å². The van der Waals surface area contributed by atoms with Crippen LogP contribution in [-0.2, 0) is 6.54 Å². The predicted molar refractivity (Wildman–Crippen MR) is 88.6 cm³/mol. The lowest BCUT2D eigenvalue weighted by molar-refractivity contribution is 0.0637. The van der Waals surface area contributed by atoms with Gasteiger partial charge in [-0.3, -0.25) is 4.79 Å². The van der Waals surface area contributed by atoms with Crippen molar-refractivity contribution >= 4 is 17.5 Å². The van der Waals surface area contributed by atoms with Crippen LogP contribution in [0.25, 0.3) is 0 Å². The molecule has 3 rings (SSSR count). The Balaban J connectivity index is 1.70. The number of benzene rings is 1. The topological polar surface area (TPSA) is 54.3 Å². The van der Waals surface area contributed by atoms with Crippen LogP contribution < -0.4 is 0 Å². The molecule has 0 N–H and O–H groups in total. The summed E-state index contributed by atoms with van der Waals surface area (Å²) in [6.07, 6.45) is 0. The first-order valence-corrected chi connectivity index (χ1v) is 8.21. The number of nitrogens with zero attached hydrogens (tertiary/aromatic N) is 5. The van der Waals surface area contributed by atoms with Crippen LogP contribution >= 0.6 is 11.6 Å². The molecule has 0 radical (unpaired) electrons. The predicted octanol–water partition coefficient (Wildman–Crippen LogP) is 1.76. The first kappa shape index (κ1) is 16.0. The summed E-state index contributed by atoms with van der Waals surface area (Å²) < 4.78 is 1.56. The Bertz CT molecular complexity index is 664. The molecular formula is C16H20ClN5O. The maximum absolute atomic E-state index is 12.6. The van der Waals surface area contributed by atoms with E-state index in [1.165, 1.54) is 0 Å². The normalized spacial score (nSPS) is 15.8. The lowest BCUT2D eigenvalue weighted by Crippen LogP contribution is -2.48. The van der Waals surface area contributed by atoms with Crippen molar-refractivity contribution in [1.29, 1.82) is 0 Å². The van der Waals surface area contributed by atoms with Gasteiger partial charge in [-0.25, -0.2) is 4.68 Å². The van der Waals surface area contributed by atoms with E-state index in [-0.39, 0.29) is 11.6 Å². The van der Waals surface area contributed by atoms with Gasteiger partial charge >= 0.3 is 0 Å². The van der Waals surface area contributed by atoms with Gasteiger partial charge in [-0.1, -0.05) is 54.1 Å². The minimum absolute atomic E-state index is 0.134. The van der Waals surface area contributed by atoms with E-state index in [9.17, 15) is 4.79 Å². The largest absolute Gasteiger partial charge is 0.335 e. The summed E-state index contributed by atoms with van der Waals surface area (Å²) in [5.74, 6) is -0.134. The number of hydrogen-bond acceptors (Lipinski definition) is 4. The van der Waals surface area contributed by atoms with E-state index in [0.29, 0.717) is 24.8 Å². The van der Waals surface area contributed by atoms with E-state index in [2.05, 4.69) is 22.1 Å². The van der Waals surface area contributed by atoms with Gasteiger partial charge in [-0.15, -0.1) is 5.10 Å². The number of amides is 1. The van der Waals surface area contributed by atoms with Crippen LogP contribution in [0.1, 0.15) is 23.0 Å². The average Bonchev–Trinajstić information content (AvgIpc) is 2.96. The zero-order valence-electron chi connectivity index (χ0n) is 13.2. The number of halogens is 1. The van der Waals surface area contributed by atoms with Crippen molar-refractivity contribution in [2.45, 2.75) is 13.5 Å². The fourth-order valence-corrected chi connectivity index (χ4v) is 2.92. The van der Waals surface area contributed by atoms with E-state index >= 15 is 0 Å². The molecular weight excluding hydrogens is 314 g/mol. The molecule has 1 aliphatic heterocycles. The number of piperazine rings is 1. The lowest BCUT2D eigenvalue weighted by Gasteiger charge is -2.33. The van der Waals surface area contributed by atoms with Gasteiger partial charge in [0.2, 0.25) is 0 Å². The molecule has 23 heavy (non-hydrogen) atoms. The summed E-state index contributed by atoms with van der Waals surface area (Å²) in [6, 6.07) is 9.85. The second kappa shape index (κ2) is 7.10. The summed E-state index contributed by atoms with van der Waals surface area (Å²) in [6.45, 7) is 6.82. The SMILES string of the molecule is CCN1CCN(C(=O)c2nnn(Cc3ccccc3)c2Cl)CC1. The lowest BCUT2D eigenvalue weighted by atomic mass is 10.2. The summed E-state index contributed by atoms with van der Waals surface area (Å²) in [5.41, 5.74) is 1.31. The molecule has 0 saturated carbocycles. The summed E-state index contributed by atoms with van der Waals surface area (Å²) in [4.78, 5) is 16.7. The van der Waals surface area contributed by atoms with Gasteiger partial charge in [0.1, 0.15) is 0 Å². The van der Waals surface area contributed by atoms with Crippen LogP contribution in [-0.4, -0.2) is 63.4 Å².